The molecule has 0 aliphatic carbocycles. The number of ether oxygens (including phenoxy) is 4. The normalized spacial score (nSPS) is 14.4. The third kappa shape index (κ3) is 5.67. The van der Waals surface area contributed by atoms with E-state index in [1.807, 2.05) is 0 Å². The van der Waals surface area contributed by atoms with Crippen LogP contribution in [0, 0.1) is 17.0 Å². The summed E-state index contributed by atoms with van der Waals surface area (Å²) in [4.78, 5) is 23.5. The Morgan fingerprint density at radius 3 is 2.43 bits per heavy atom. The maximum Gasteiger partial charge on any atom is 0.312 e. The number of carbonyl (C=O) groups excluding carboxylic acids is 1. The summed E-state index contributed by atoms with van der Waals surface area (Å²) >= 11 is 0. The Kier molecular flexibility index (Phi) is 8.58. The highest BCUT2D eigenvalue weighted by atomic mass is 16.6. The van der Waals surface area contributed by atoms with Crippen LogP contribution >= 0.6 is 0 Å². The third-order valence-electron chi connectivity index (χ3n) is 5.15. The third-order valence-corrected chi connectivity index (χ3v) is 5.15. The Hall–Kier alpha value is -4.17. The number of fused-ring (bicyclic) bond motifs is 1. The van der Waals surface area contributed by atoms with Crippen molar-refractivity contribution in [1.29, 1.82) is 0 Å². The van der Waals surface area contributed by atoms with E-state index < -0.39 is 10.8 Å². The first kappa shape index (κ1) is 25.5. The molecule has 1 aliphatic rings. The highest BCUT2D eigenvalue weighted by Crippen LogP contribution is 2.47. The minimum atomic E-state index is -0.899. The van der Waals surface area contributed by atoms with Crippen molar-refractivity contribution in [2.45, 2.75) is 19.4 Å². The van der Waals surface area contributed by atoms with Gasteiger partial charge in [-0.2, -0.15) is 0 Å². The van der Waals surface area contributed by atoms with Gasteiger partial charge in [-0.25, -0.2) is 0 Å². The van der Waals surface area contributed by atoms with E-state index in [0.29, 0.717) is 47.5 Å². The number of aryl methyl sites for hydroxylation is 1. The number of aldehydes is 1. The van der Waals surface area contributed by atoms with Crippen LogP contribution in [0.5, 0.6) is 11.5 Å². The fraction of sp³-hybridized carbons (Fsp3) is 0.222. The average Bonchev–Trinajstić information content (AvgIpc) is 2.85. The number of nitro groups is 1. The first-order valence-corrected chi connectivity index (χ1v) is 10.9. The monoisotopic (exact) mass is 477 g/mol. The van der Waals surface area contributed by atoms with Gasteiger partial charge in [0, 0.05) is 22.8 Å². The van der Waals surface area contributed by atoms with Crippen LogP contribution in [0.3, 0.4) is 0 Å². The van der Waals surface area contributed by atoms with Crippen LogP contribution in [0.2, 0.25) is 0 Å². The van der Waals surface area contributed by atoms with Crippen molar-refractivity contribution in [3.63, 3.8) is 0 Å². The van der Waals surface area contributed by atoms with Crippen molar-refractivity contribution in [2.24, 2.45) is 0 Å². The van der Waals surface area contributed by atoms with Crippen LogP contribution in [0.1, 0.15) is 28.2 Å². The summed E-state index contributed by atoms with van der Waals surface area (Å²) in [6.45, 7) is 13.7. The van der Waals surface area contributed by atoms with Crippen molar-refractivity contribution in [2.75, 3.05) is 19.8 Å². The molecule has 8 nitrogen and oxygen atoms in total. The predicted molar refractivity (Wildman–Crippen MR) is 132 cm³/mol. The van der Waals surface area contributed by atoms with Gasteiger partial charge in [0.15, 0.2) is 11.5 Å². The van der Waals surface area contributed by atoms with Gasteiger partial charge in [-0.05, 0) is 30.7 Å². The van der Waals surface area contributed by atoms with Crippen molar-refractivity contribution in [3.05, 3.63) is 106 Å². The summed E-state index contributed by atoms with van der Waals surface area (Å²) in [5, 5.41) is 11.8. The summed E-state index contributed by atoms with van der Waals surface area (Å²) in [6.07, 6.45) is 5.50. The molecule has 0 amide bonds. The second-order valence-electron chi connectivity index (χ2n) is 7.69. The Balaban J connectivity index is 2.18. The van der Waals surface area contributed by atoms with Crippen LogP contribution in [-0.4, -0.2) is 31.0 Å². The molecule has 0 aromatic heterocycles. The van der Waals surface area contributed by atoms with E-state index >= 15 is 0 Å². The fourth-order valence-electron chi connectivity index (χ4n) is 3.71. The second-order valence-corrected chi connectivity index (χ2v) is 7.69. The summed E-state index contributed by atoms with van der Waals surface area (Å²) in [5.41, 5.74) is 2.02. The van der Waals surface area contributed by atoms with Crippen molar-refractivity contribution in [3.8, 4) is 11.5 Å². The largest absolute Gasteiger partial charge is 0.489 e. The summed E-state index contributed by atoms with van der Waals surface area (Å²) in [6, 6.07) is 8.35. The minimum Gasteiger partial charge on any atom is -0.489 e. The van der Waals surface area contributed by atoms with Gasteiger partial charge in [0.1, 0.15) is 31.2 Å². The molecular weight excluding hydrogens is 450 g/mol. The Morgan fingerprint density at radius 2 is 1.77 bits per heavy atom. The van der Waals surface area contributed by atoms with E-state index in [0.717, 1.165) is 0 Å². The van der Waals surface area contributed by atoms with E-state index in [1.165, 1.54) is 6.07 Å². The van der Waals surface area contributed by atoms with Crippen LogP contribution in [0.15, 0.2) is 74.1 Å². The van der Waals surface area contributed by atoms with Gasteiger partial charge in [0.25, 0.3) is 0 Å². The lowest BCUT2D eigenvalue weighted by molar-refractivity contribution is -0.385. The topological polar surface area (TPSA) is 97.1 Å². The van der Waals surface area contributed by atoms with E-state index in [4.69, 9.17) is 18.9 Å². The molecule has 2 aromatic rings. The number of hydrogen-bond donors (Lipinski definition) is 0. The Bertz CT molecular complexity index is 1180. The minimum absolute atomic E-state index is 0.00935. The lowest BCUT2D eigenvalue weighted by atomic mass is 9.90. The smallest absolute Gasteiger partial charge is 0.312 e. The number of nitrogens with zero attached hydrogens (tertiary/aromatic N) is 1. The highest BCUT2D eigenvalue weighted by molar-refractivity contribution is 5.81. The molecule has 2 aromatic carbocycles. The number of benzene rings is 2. The molecule has 1 unspecified atom stereocenters. The summed E-state index contributed by atoms with van der Waals surface area (Å²) in [5.74, 6) is 0.129. The van der Waals surface area contributed by atoms with Gasteiger partial charge >= 0.3 is 5.69 Å². The number of hydrogen-bond acceptors (Lipinski definition) is 7. The fourth-order valence-corrected chi connectivity index (χ4v) is 3.71. The van der Waals surface area contributed by atoms with E-state index in [1.54, 1.807) is 49.4 Å². The van der Waals surface area contributed by atoms with Gasteiger partial charge < -0.3 is 23.7 Å². The number of nitro benzene ring substituents is 1. The molecule has 182 valence electrons. The first-order valence-electron chi connectivity index (χ1n) is 10.9. The molecule has 0 radical (unpaired) electrons. The predicted octanol–water partition coefficient (Wildman–Crippen LogP) is 5.42. The van der Waals surface area contributed by atoms with E-state index in [-0.39, 0.29) is 36.2 Å². The molecule has 35 heavy (non-hydrogen) atoms. The Labute approximate surface area is 203 Å². The van der Waals surface area contributed by atoms with E-state index in [9.17, 15) is 14.9 Å². The van der Waals surface area contributed by atoms with Crippen LogP contribution in [0.25, 0.3) is 5.76 Å². The molecule has 0 N–H and O–H groups in total. The van der Waals surface area contributed by atoms with Gasteiger partial charge in [0.2, 0.25) is 5.75 Å². The Morgan fingerprint density at radius 1 is 1.06 bits per heavy atom. The molecule has 0 spiro atoms. The SMILES string of the molecule is C=CCOCc1cc(C2=C(OCC=C)C(C=O)c3cc(C)cc([N+](=O)[O-])c3O2)ccc1OCC=C. The average molecular weight is 478 g/mol. The molecule has 1 heterocycles. The molecule has 8 heteroatoms. The second kappa shape index (κ2) is 11.8. The van der Waals surface area contributed by atoms with Gasteiger partial charge in [0.05, 0.1) is 18.1 Å². The molecule has 0 saturated heterocycles. The molecule has 0 fully saturated rings. The van der Waals surface area contributed by atoms with Crippen LogP contribution < -0.4 is 9.47 Å². The summed E-state index contributed by atoms with van der Waals surface area (Å²) < 4.78 is 23.4. The van der Waals surface area contributed by atoms with Crippen LogP contribution in [-0.2, 0) is 20.9 Å². The zero-order chi connectivity index (χ0) is 25.4. The van der Waals surface area contributed by atoms with Gasteiger partial charge in [-0.3, -0.25) is 10.1 Å². The summed E-state index contributed by atoms with van der Waals surface area (Å²) in [7, 11) is 0. The molecule has 1 aliphatic heterocycles. The highest BCUT2D eigenvalue weighted by Gasteiger charge is 2.37. The zero-order valence-corrected chi connectivity index (χ0v) is 19.5. The van der Waals surface area contributed by atoms with Crippen molar-refractivity contribution < 1.29 is 28.7 Å². The van der Waals surface area contributed by atoms with E-state index in [2.05, 4.69) is 19.7 Å². The maximum absolute atomic E-state index is 12.3. The maximum atomic E-state index is 12.3. The zero-order valence-electron chi connectivity index (χ0n) is 19.5. The number of carbonyl (C=O) groups is 1. The number of rotatable bonds is 13. The molecular formula is C27H27NO7. The quantitative estimate of drug-likeness (QED) is 0.125. The molecule has 1 atom stereocenters. The van der Waals surface area contributed by atoms with Crippen molar-refractivity contribution >= 4 is 17.7 Å². The lowest BCUT2D eigenvalue weighted by Crippen LogP contribution is -2.20. The van der Waals surface area contributed by atoms with Gasteiger partial charge in [-0.15, -0.1) is 6.58 Å². The van der Waals surface area contributed by atoms with Gasteiger partial charge in [-0.1, -0.05) is 37.5 Å². The van der Waals surface area contributed by atoms with Crippen molar-refractivity contribution in [1.82, 2.24) is 0 Å². The van der Waals surface area contributed by atoms with Crippen LogP contribution in [0.4, 0.5) is 5.69 Å². The molecule has 3 rings (SSSR count). The number of allylic oxidation sites excluding steroid dienone is 1. The first-order chi connectivity index (χ1) is 16.9. The standard InChI is InChI=1S/C27H27NO7/c1-5-10-32-17-20-15-19(8-9-24(20)33-11-6-2)25-27(34-12-7-3)22(16-29)21-13-18(4)14-23(28(30)31)26(21)35-25/h5-9,13-16,22H,1-3,10-12,17H2,4H3. The molecule has 0 bridgehead atoms. The lowest BCUT2D eigenvalue weighted by Gasteiger charge is -2.28. The molecule has 0 saturated carbocycles.